The number of aliphatic carboxylic acids is 1. The molecule has 0 saturated carbocycles. The summed E-state index contributed by atoms with van der Waals surface area (Å²) < 4.78 is 0. The van der Waals surface area contributed by atoms with Crippen LogP contribution < -0.4 is 10.6 Å². The van der Waals surface area contributed by atoms with Gasteiger partial charge in [-0.1, -0.05) is 74.5 Å². The number of Topliss-reactive ketones (excluding diaryl/α,β-unsaturated/α-hetero) is 2. The summed E-state index contributed by atoms with van der Waals surface area (Å²) in [5.74, 6) is -1.42. The maximum absolute atomic E-state index is 13.2. The molecule has 0 aromatic heterocycles. The van der Waals surface area contributed by atoms with E-state index in [0.717, 1.165) is 39.6 Å². The van der Waals surface area contributed by atoms with Crippen molar-refractivity contribution < 1.29 is 46.4 Å². The first kappa shape index (κ1) is 39.4. The van der Waals surface area contributed by atoms with Gasteiger partial charge in [-0.15, -0.1) is 0 Å². The van der Waals surface area contributed by atoms with Crippen LogP contribution in [0.1, 0.15) is 33.6 Å². The topological polar surface area (TPSA) is 182 Å². The van der Waals surface area contributed by atoms with E-state index in [0.29, 0.717) is 35.4 Å². The molecule has 53 heavy (non-hydrogen) atoms. The summed E-state index contributed by atoms with van der Waals surface area (Å²) in [4.78, 5) is 57.6. The fourth-order valence-corrected chi connectivity index (χ4v) is 5.98. The Kier molecular flexibility index (Phi) is 12.8. The predicted molar refractivity (Wildman–Crippen MR) is 201 cm³/mol. The molecule has 13 heteroatoms. The number of fused-ring (bicyclic) bond motifs is 2. The van der Waals surface area contributed by atoms with Gasteiger partial charge in [0, 0.05) is 105 Å². The van der Waals surface area contributed by atoms with Gasteiger partial charge in [0.05, 0.1) is 9.85 Å². The molecular weight excluding hydrogens is 719 g/mol. The van der Waals surface area contributed by atoms with Gasteiger partial charge in [-0.3, -0.25) is 34.6 Å². The van der Waals surface area contributed by atoms with Gasteiger partial charge in [0.15, 0.2) is 11.6 Å². The molecule has 0 bridgehead atoms. The summed E-state index contributed by atoms with van der Waals surface area (Å²) >= 11 is 0. The number of anilines is 2. The monoisotopic (exact) mass is 753 g/mol. The first-order valence-corrected chi connectivity index (χ1v) is 16.3. The van der Waals surface area contributed by atoms with E-state index in [1.165, 1.54) is 36.7 Å². The molecule has 4 aromatic rings. The van der Waals surface area contributed by atoms with Crippen molar-refractivity contribution in [3.05, 3.63) is 163 Å². The van der Waals surface area contributed by atoms with Gasteiger partial charge < -0.3 is 15.7 Å². The number of nitrogens with zero attached hydrogens (tertiary/aromatic N) is 2. The van der Waals surface area contributed by atoms with Crippen LogP contribution in [-0.2, 0) is 31.5 Å². The van der Waals surface area contributed by atoms with Gasteiger partial charge in [0.2, 0.25) is 0 Å². The van der Waals surface area contributed by atoms with Crippen LogP contribution in [0.25, 0.3) is 32.7 Å². The van der Waals surface area contributed by atoms with E-state index >= 15 is 0 Å². The Labute approximate surface area is 314 Å². The van der Waals surface area contributed by atoms with Crippen molar-refractivity contribution in [3.63, 3.8) is 0 Å². The summed E-state index contributed by atoms with van der Waals surface area (Å²) in [7, 11) is 0. The largest absolute Gasteiger partial charge is 0.481 e. The Morgan fingerprint density at radius 1 is 0.660 bits per heavy atom. The van der Waals surface area contributed by atoms with E-state index in [9.17, 15) is 29.8 Å². The molecule has 0 fully saturated rings. The zero-order chi connectivity index (χ0) is 37.5. The standard InChI is InChI=1S/C38H30N4O6.C2H4O2.Mn/c1-3-23-17-29(41(45)46)19-27(37(23)43)21-39-33-15-13-25-9-5-7-11-31(25)35(33)36-32-12-8-6-10-26(32)14-16-34(36)40-22-28-20-30(42(47)48)18-24(4-2)38(28)44;1-2(3)4;/h5-22,39-40H,3-4H2,1-2H3;1H3,(H,3,4);/b27-21-,28-22-;;. The molecule has 0 atom stereocenters. The second-order valence-corrected chi connectivity index (χ2v) is 11.8. The SMILES string of the molecule is CC(=O)O.CCC1=CC([N+](=O)[O-])=C/C(=C/Nc2ccc3ccccc3c2-c2c(N/C=C3/C=C([N+](=O)[O-])C=C(CC)C3=O)ccc3ccccc23)C1=O.[Mn]. The Morgan fingerprint density at radius 2 is 1.02 bits per heavy atom. The van der Waals surface area contributed by atoms with Crippen LogP contribution in [0.3, 0.4) is 0 Å². The molecule has 6 rings (SSSR count). The van der Waals surface area contributed by atoms with Gasteiger partial charge in [0.1, 0.15) is 0 Å². The predicted octanol–water partition coefficient (Wildman–Crippen LogP) is 8.50. The molecule has 0 unspecified atom stereocenters. The molecule has 0 saturated heterocycles. The maximum atomic E-state index is 13.2. The Balaban J connectivity index is 0.00000119. The third-order valence-electron chi connectivity index (χ3n) is 8.42. The molecule has 1 radical (unpaired) electrons. The number of carbonyl (C=O) groups is 3. The molecule has 2 aliphatic rings. The third-order valence-corrected chi connectivity index (χ3v) is 8.42. The van der Waals surface area contributed by atoms with Crippen LogP contribution >= 0.6 is 0 Å². The summed E-state index contributed by atoms with van der Waals surface area (Å²) in [5.41, 5.74) is 3.49. The Bertz CT molecular complexity index is 2210. The molecule has 12 nitrogen and oxygen atoms in total. The minimum Gasteiger partial charge on any atom is -0.481 e. The molecule has 4 aromatic carbocycles. The summed E-state index contributed by atoms with van der Waals surface area (Å²) in [6.45, 7) is 4.63. The van der Waals surface area contributed by atoms with Gasteiger partial charge in [-0.2, -0.15) is 0 Å². The third kappa shape index (κ3) is 8.73. The average Bonchev–Trinajstić information content (AvgIpc) is 3.13. The van der Waals surface area contributed by atoms with Crippen molar-refractivity contribution in [2.45, 2.75) is 33.6 Å². The summed E-state index contributed by atoms with van der Waals surface area (Å²) in [5, 5.41) is 40.9. The minimum atomic E-state index is -0.833. The number of nitrogens with one attached hydrogen (secondary N) is 2. The van der Waals surface area contributed by atoms with Crippen LogP contribution in [-0.4, -0.2) is 32.5 Å². The molecular formula is C40H34MnN4O8. The molecule has 2 aliphatic carbocycles. The number of hydrogen-bond donors (Lipinski definition) is 3. The molecule has 0 aliphatic heterocycles. The molecule has 0 spiro atoms. The van der Waals surface area contributed by atoms with Crippen molar-refractivity contribution in [1.82, 2.24) is 0 Å². The van der Waals surface area contributed by atoms with Gasteiger partial charge >= 0.3 is 0 Å². The van der Waals surface area contributed by atoms with Crippen LogP contribution in [0.5, 0.6) is 0 Å². The van der Waals surface area contributed by atoms with Crippen LogP contribution in [0.15, 0.2) is 143 Å². The van der Waals surface area contributed by atoms with E-state index in [2.05, 4.69) is 10.6 Å². The fourth-order valence-electron chi connectivity index (χ4n) is 5.98. The van der Waals surface area contributed by atoms with E-state index < -0.39 is 15.8 Å². The smallest absolute Gasteiger partial charge is 0.300 e. The normalized spacial score (nSPS) is 15.4. The van der Waals surface area contributed by atoms with Gasteiger partial charge in [-0.05, 0) is 46.5 Å². The summed E-state index contributed by atoms with van der Waals surface area (Å²) in [6.07, 6.45) is 8.82. The van der Waals surface area contributed by atoms with Gasteiger partial charge in [-0.25, -0.2) is 0 Å². The molecule has 0 amide bonds. The first-order chi connectivity index (χ1) is 24.9. The fraction of sp³-hybridized carbons (Fsp3) is 0.125. The number of nitro groups is 2. The zero-order valence-corrected chi connectivity index (χ0v) is 30.1. The van der Waals surface area contributed by atoms with E-state index in [1.54, 1.807) is 13.8 Å². The van der Waals surface area contributed by atoms with Gasteiger partial charge in [0.25, 0.3) is 17.4 Å². The number of allylic oxidation sites excluding steroid dienone is 8. The van der Waals surface area contributed by atoms with Crippen LogP contribution in [0.2, 0.25) is 0 Å². The van der Waals surface area contributed by atoms with E-state index in [4.69, 9.17) is 9.90 Å². The van der Waals surface area contributed by atoms with E-state index in [-0.39, 0.29) is 51.2 Å². The number of hydrogen-bond acceptors (Lipinski definition) is 9. The number of carboxylic acids is 1. The number of benzene rings is 4. The van der Waals surface area contributed by atoms with Crippen LogP contribution in [0, 0.1) is 20.2 Å². The Morgan fingerprint density at radius 3 is 1.36 bits per heavy atom. The van der Waals surface area contributed by atoms with Crippen molar-refractivity contribution in [1.29, 1.82) is 0 Å². The van der Waals surface area contributed by atoms with Crippen molar-refractivity contribution in [3.8, 4) is 11.1 Å². The number of carbonyl (C=O) groups excluding carboxylic acids is 2. The minimum absolute atomic E-state index is 0. The second kappa shape index (κ2) is 17.2. The van der Waals surface area contributed by atoms with Crippen molar-refractivity contribution in [2.24, 2.45) is 0 Å². The molecule has 3 N–H and O–H groups in total. The van der Waals surface area contributed by atoms with E-state index in [1.807, 2.05) is 72.8 Å². The van der Waals surface area contributed by atoms with Crippen molar-refractivity contribution in [2.75, 3.05) is 10.6 Å². The number of carboxylic acid groups (broad SMARTS) is 1. The molecule has 269 valence electrons. The number of ketones is 2. The first-order valence-electron chi connectivity index (χ1n) is 16.3. The zero-order valence-electron chi connectivity index (χ0n) is 28.9. The second-order valence-electron chi connectivity index (χ2n) is 11.8. The average molecular weight is 754 g/mol. The summed E-state index contributed by atoms with van der Waals surface area (Å²) in [6, 6.07) is 23.3. The Hall–Kier alpha value is -6.43. The quantitative estimate of drug-likeness (QED) is 0.0649. The number of rotatable bonds is 9. The van der Waals surface area contributed by atoms with Crippen molar-refractivity contribution >= 4 is 50.5 Å². The van der Waals surface area contributed by atoms with Crippen LogP contribution in [0.4, 0.5) is 11.4 Å². The molecule has 0 heterocycles. The maximum Gasteiger partial charge on any atom is 0.300 e.